The second kappa shape index (κ2) is 6.80. The standard InChI is InChI=1S/C14H22BrN3O/c1-9(2)8-18(10(3)4)13-6-5-11(15)7-12(13)14(16)17-19/h5-7,9-10,19H,8H2,1-4H3,(H2,16,17). The van der Waals surface area contributed by atoms with Gasteiger partial charge in [-0.3, -0.25) is 0 Å². The van der Waals surface area contributed by atoms with Gasteiger partial charge >= 0.3 is 0 Å². The predicted octanol–water partition coefficient (Wildman–Crippen LogP) is 3.41. The quantitative estimate of drug-likeness (QED) is 0.377. The van der Waals surface area contributed by atoms with Crippen LogP contribution in [0.25, 0.3) is 0 Å². The lowest BCUT2D eigenvalue weighted by atomic mass is 10.1. The molecule has 19 heavy (non-hydrogen) atoms. The topological polar surface area (TPSA) is 61.8 Å². The first-order valence-corrected chi connectivity index (χ1v) is 7.20. The Labute approximate surface area is 123 Å². The molecule has 0 aliphatic heterocycles. The molecule has 0 spiro atoms. The molecule has 0 radical (unpaired) electrons. The highest BCUT2D eigenvalue weighted by atomic mass is 79.9. The third kappa shape index (κ3) is 4.13. The van der Waals surface area contributed by atoms with Crippen molar-refractivity contribution in [1.82, 2.24) is 0 Å². The molecule has 0 aliphatic carbocycles. The van der Waals surface area contributed by atoms with Crippen LogP contribution >= 0.6 is 15.9 Å². The molecule has 0 atom stereocenters. The maximum atomic E-state index is 8.93. The van der Waals surface area contributed by atoms with E-state index in [4.69, 9.17) is 10.9 Å². The summed E-state index contributed by atoms with van der Waals surface area (Å²) >= 11 is 3.42. The average Bonchev–Trinajstić information content (AvgIpc) is 2.34. The van der Waals surface area contributed by atoms with E-state index >= 15 is 0 Å². The minimum absolute atomic E-state index is 0.130. The van der Waals surface area contributed by atoms with Crippen LogP contribution in [0.5, 0.6) is 0 Å². The first kappa shape index (κ1) is 15.8. The van der Waals surface area contributed by atoms with E-state index < -0.39 is 0 Å². The van der Waals surface area contributed by atoms with Gasteiger partial charge in [0, 0.05) is 28.3 Å². The number of amidine groups is 1. The van der Waals surface area contributed by atoms with E-state index in [9.17, 15) is 0 Å². The Morgan fingerprint density at radius 3 is 2.47 bits per heavy atom. The van der Waals surface area contributed by atoms with Crippen LogP contribution in [-0.2, 0) is 0 Å². The highest BCUT2D eigenvalue weighted by Crippen LogP contribution is 2.27. The zero-order valence-corrected chi connectivity index (χ0v) is 13.5. The van der Waals surface area contributed by atoms with Crippen molar-refractivity contribution in [1.29, 1.82) is 0 Å². The highest BCUT2D eigenvalue weighted by molar-refractivity contribution is 9.10. The Bertz CT molecular complexity index is 458. The summed E-state index contributed by atoms with van der Waals surface area (Å²) in [5.74, 6) is 0.664. The normalized spacial score (nSPS) is 12.3. The lowest BCUT2D eigenvalue weighted by molar-refractivity contribution is 0.318. The summed E-state index contributed by atoms with van der Waals surface area (Å²) in [6, 6.07) is 6.19. The van der Waals surface area contributed by atoms with Crippen molar-refractivity contribution in [3.63, 3.8) is 0 Å². The molecule has 106 valence electrons. The van der Waals surface area contributed by atoms with Gasteiger partial charge < -0.3 is 15.8 Å². The van der Waals surface area contributed by atoms with E-state index in [-0.39, 0.29) is 5.84 Å². The van der Waals surface area contributed by atoms with E-state index in [1.165, 1.54) is 0 Å². The van der Waals surface area contributed by atoms with Crippen LogP contribution in [-0.4, -0.2) is 23.6 Å². The van der Waals surface area contributed by atoms with Crippen LogP contribution in [0.15, 0.2) is 27.8 Å². The molecular weight excluding hydrogens is 306 g/mol. The van der Waals surface area contributed by atoms with Gasteiger partial charge in [0.1, 0.15) is 0 Å². The summed E-state index contributed by atoms with van der Waals surface area (Å²) in [4.78, 5) is 2.27. The lowest BCUT2D eigenvalue weighted by Crippen LogP contribution is -2.35. The maximum absolute atomic E-state index is 8.93. The third-order valence-corrected chi connectivity index (χ3v) is 3.33. The van der Waals surface area contributed by atoms with E-state index in [1.54, 1.807) is 0 Å². The van der Waals surface area contributed by atoms with Crippen LogP contribution in [0.3, 0.4) is 0 Å². The number of rotatable bonds is 5. The van der Waals surface area contributed by atoms with Crippen molar-refractivity contribution in [2.45, 2.75) is 33.7 Å². The van der Waals surface area contributed by atoms with Gasteiger partial charge in [-0.25, -0.2) is 0 Å². The van der Waals surface area contributed by atoms with Crippen molar-refractivity contribution in [2.24, 2.45) is 16.8 Å². The minimum Gasteiger partial charge on any atom is -0.409 e. The van der Waals surface area contributed by atoms with Crippen molar-refractivity contribution in [3.8, 4) is 0 Å². The summed E-state index contributed by atoms with van der Waals surface area (Å²) in [6.07, 6.45) is 0. The molecule has 5 heteroatoms. The van der Waals surface area contributed by atoms with Crippen molar-refractivity contribution in [2.75, 3.05) is 11.4 Å². The average molecular weight is 328 g/mol. The summed E-state index contributed by atoms with van der Waals surface area (Å²) in [5.41, 5.74) is 7.52. The van der Waals surface area contributed by atoms with Crippen LogP contribution < -0.4 is 10.6 Å². The number of hydrogen-bond acceptors (Lipinski definition) is 3. The summed E-state index contributed by atoms with van der Waals surface area (Å²) in [7, 11) is 0. The molecule has 0 bridgehead atoms. The summed E-state index contributed by atoms with van der Waals surface area (Å²) < 4.78 is 0.908. The first-order valence-electron chi connectivity index (χ1n) is 6.40. The van der Waals surface area contributed by atoms with Crippen LogP contribution in [0.4, 0.5) is 5.69 Å². The fourth-order valence-corrected chi connectivity index (χ4v) is 2.36. The molecule has 1 rings (SSSR count). The molecule has 0 saturated carbocycles. The summed E-state index contributed by atoms with van der Waals surface area (Å²) in [6.45, 7) is 9.56. The second-order valence-corrected chi connectivity index (χ2v) is 6.20. The molecule has 0 aliphatic rings. The molecule has 0 aromatic heterocycles. The van der Waals surface area contributed by atoms with Gasteiger partial charge in [0.15, 0.2) is 5.84 Å². The number of anilines is 1. The fraction of sp³-hybridized carbons (Fsp3) is 0.500. The van der Waals surface area contributed by atoms with Gasteiger partial charge in [0.25, 0.3) is 0 Å². The lowest BCUT2D eigenvalue weighted by Gasteiger charge is -2.32. The smallest absolute Gasteiger partial charge is 0.172 e. The molecular formula is C14H22BrN3O. The van der Waals surface area contributed by atoms with Gasteiger partial charge in [-0.05, 0) is 38.0 Å². The van der Waals surface area contributed by atoms with Crippen molar-refractivity contribution >= 4 is 27.5 Å². The molecule has 1 aromatic rings. The number of oxime groups is 1. The van der Waals surface area contributed by atoms with Gasteiger partial charge in [-0.2, -0.15) is 0 Å². The second-order valence-electron chi connectivity index (χ2n) is 5.29. The molecule has 0 heterocycles. The predicted molar refractivity (Wildman–Crippen MR) is 84.0 cm³/mol. The van der Waals surface area contributed by atoms with Gasteiger partial charge in [-0.15, -0.1) is 0 Å². The molecule has 0 unspecified atom stereocenters. The largest absolute Gasteiger partial charge is 0.409 e. The molecule has 0 fully saturated rings. The Balaban J connectivity index is 3.29. The maximum Gasteiger partial charge on any atom is 0.172 e. The van der Waals surface area contributed by atoms with Crippen LogP contribution in [0.1, 0.15) is 33.3 Å². The molecule has 4 nitrogen and oxygen atoms in total. The fourth-order valence-electron chi connectivity index (χ4n) is 2.00. The van der Waals surface area contributed by atoms with Gasteiger partial charge in [0.2, 0.25) is 0 Å². The third-order valence-electron chi connectivity index (χ3n) is 2.84. The van der Waals surface area contributed by atoms with Gasteiger partial charge in [-0.1, -0.05) is 34.9 Å². The van der Waals surface area contributed by atoms with Crippen LogP contribution in [0.2, 0.25) is 0 Å². The molecule has 1 aromatic carbocycles. The first-order chi connectivity index (χ1) is 8.86. The Hall–Kier alpha value is -1.23. The van der Waals surface area contributed by atoms with Crippen molar-refractivity contribution < 1.29 is 5.21 Å². The molecule has 0 saturated heterocycles. The number of hydrogen-bond donors (Lipinski definition) is 2. The highest BCUT2D eigenvalue weighted by Gasteiger charge is 2.18. The molecule has 3 N–H and O–H groups in total. The Morgan fingerprint density at radius 1 is 1.37 bits per heavy atom. The monoisotopic (exact) mass is 327 g/mol. The van der Waals surface area contributed by atoms with Gasteiger partial charge in [0.05, 0.1) is 0 Å². The van der Waals surface area contributed by atoms with Crippen LogP contribution in [0, 0.1) is 5.92 Å². The molecule has 0 amide bonds. The zero-order valence-electron chi connectivity index (χ0n) is 11.9. The Kier molecular flexibility index (Phi) is 5.66. The minimum atomic E-state index is 0.130. The van der Waals surface area contributed by atoms with E-state index in [1.807, 2.05) is 18.2 Å². The van der Waals surface area contributed by atoms with E-state index in [0.29, 0.717) is 12.0 Å². The SMILES string of the molecule is CC(C)CN(c1ccc(Br)cc1/C(N)=N/O)C(C)C. The Morgan fingerprint density at radius 2 is 2.00 bits per heavy atom. The van der Waals surface area contributed by atoms with Crippen molar-refractivity contribution in [3.05, 3.63) is 28.2 Å². The number of nitrogens with zero attached hydrogens (tertiary/aromatic N) is 2. The zero-order chi connectivity index (χ0) is 14.6. The van der Waals surface area contributed by atoms with E-state index in [0.717, 1.165) is 22.3 Å². The van der Waals surface area contributed by atoms with E-state index in [2.05, 4.69) is 53.7 Å². The number of benzene rings is 1. The number of nitrogens with two attached hydrogens (primary N) is 1. The summed E-state index contributed by atoms with van der Waals surface area (Å²) in [5, 5.41) is 12.1. The number of halogens is 1.